The molecule has 0 saturated heterocycles. The van der Waals surface area contributed by atoms with Gasteiger partial charge in [0.25, 0.3) is 0 Å². The molecule has 1 saturated carbocycles. The Bertz CT molecular complexity index is 492. The van der Waals surface area contributed by atoms with Crippen molar-refractivity contribution >= 4 is 5.91 Å². The molecule has 0 unspecified atom stereocenters. The van der Waals surface area contributed by atoms with Gasteiger partial charge < -0.3 is 10.1 Å². The van der Waals surface area contributed by atoms with Gasteiger partial charge in [0.2, 0.25) is 5.91 Å². The number of benzene rings is 1. The predicted molar refractivity (Wildman–Crippen MR) is 78.9 cm³/mol. The Hall–Kier alpha value is -1.51. The van der Waals surface area contributed by atoms with Crippen molar-refractivity contribution in [1.29, 1.82) is 0 Å². The lowest BCUT2D eigenvalue weighted by molar-refractivity contribution is -0.125. The lowest BCUT2D eigenvalue weighted by Crippen LogP contribution is -2.37. The maximum atomic E-state index is 12.1. The summed E-state index contributed by atoms with van der Waals surface area (Å²) < 4.78 is 5.52. The SMILES string of the molecule is C[C@H](Cc1ccc2c(c1)CCO2)NC(=O)C1CCCC1. The van der Waals surface area contributed by atoms with E-state index in [4.69, 9.17) is 4.74 Å². The van der Waals surface area contributed by atoms with E-state index in [1.807, 2.05) is 0 Å². The molecule has 1 atom stereocenters. The summed E-state index contributed by atoms with van der Waals surface area (Å²) in [6, 6.07) is 6.59. The van der Waals surface area contributed by atoms with Gasteiger partial charge in [-0.05, 0) is 43.4 Å². The summed E-state index contributed by atoms with van der Waals surface area (Å²) in [5.74, 6) is 1.53. The molecule has 0 aromatic heterocycles. The summed E-state index contributed by atoms with van der Waals surface area (Å²) in [5, 5.41) is 3.17. The van der Waals surface area contributed by atoms with Crippen molar-refractivity contribution in [2.75, 3.05) is 6.61 Å². The van der Waals surface area contributed by atoms with Crippen molar-refractivity contribution in [3.05, 3.63) is 29.3 Å². The third kappa shape index (κ3) is 2.97. The Balaban J connectivity index is 1.55. The van der Waals surface area contributed by atoms with Crippen molar-refractivity contribution in [2.24, 2.45) is 5.92 Å². The van der Waals surface area contributed by atoms with E-state index in [1.54, 1.807) is 0 Å². The molecule has 1 heterocycles. The summed E-state index contributed by atoms with van der Waals surface area (Å²) in [6.07, 6.45) is 6.44. The quantitative estimate of drug-likeness (QED) is 0.916. The minimum absolute atomic E-state index is 0.198. The predicted octanol–water partition coefficient (Wildman–Crippen LogP) is 2.86. The number of hydrogen-bond acceptors (Lipinski definition) is 2. The van der Waals surface area contributed by atoms with E-state index in [0.717, 1.165) is 38.0 Å². The molecule has 1 aliphatic carbocycles. The van der Waals surface area contributed by atoms with Crippen LogP contribution >= 0.6 is 0 Å². The van der Waals surface area contributed by atoms with Crippen molar-refractivity contribution in [1.82, 2.24) is 5.32 Å². The van der Waals surface area contributed by atoms with Gasteiger partial charge in [-0.25, -0.2) is 0 Å². The summed E-state index contributed by atoms with van der Waals surface area (Å²) >= 11 is 0. The molecule has 3 nitrogen and oxygen atoms in total. The van der Waals surface area contributed by atoms with Crippen LogP contribution in [-0.2, 0) is 17.6 Å². The average molecular weight is 273 g/mol. The number of rotatable bonds is 4. The lowest BCUT2D eigenvalue weighted by atomic mass is 10.0. The zero-order valence-electron chi connectivity index (χ0n) is 12.2. The van der Waals surface area contributed by atoms with E-state index in [0.29, 0.717) is 0 Å². The largest absolute Gasteiger partial charge is 0.493 e. The molecule has 0 bridgehead atoms. The standard InChI is InChI=1S/C17H23NO2/c1-12(18-17(19)14-4-2-3-5-14)10-13-6-7-16-15(11-13)8-9-20-16/h6-7,11-12,14H,2-5,8-10H2,1H3,(H,18,19)/t12-/m1/s1. The monoisotopic (exact) mass is 273 g/mol. The highest BCUT2D eigenvalue weighted by Gasteiger charge is 2.23. The number of ether oxygens (including phenoxy) is 1. The highest BCUT2D eigenvalue weighted by atomic mass is 16.5. The molecule has 1 N–H and O–H groups in total. The van der Waals surface area contributed by atoms with Crippen LogP contribution in [0.25, 0.3) is 0 Å². The Morgan fingerprint density at radius 2 is 2.20 bits per heavy atom. The molecular weight excluding hydrogens is 250 g/mol. The molecular formula is C17H23NO2. The molecule has 20 heavy (non-hydrogen) atoms. The van der Waals surface area contributed by atoms with Crippen LogP contribution in [0.3, 0.4) is 0 Å². The minimum atomic E-state index is 0.198. The van der Waals surface area contributed by atoms with Gasteiger partial charge in [-0.15, -0.1) is 0 Å². The van der Waals surface area contributed by atoms with Crippen LogP contribution in [0.15, 0.2) is 18.2 Å². The molecule has 1 aromatic carbocycles. The lowest BCUT2D eigenvalue weighted by Gasteiger charge is -2.17. The van der Waals surface area contributed by atoms with Crippen LogP contribution in [0, 0.1) is 5.92 Å². The van der Waals surface area contributed by atoms with Gasteiger partial charge >= 0.3 is 0 Å². The number of nitrogens with one attached hydrogen (secondary N) is 1. The van der Waals surface area contributed by atoms with E-state index in [9.17, 15) is 4.79 Å². The number of fused-ring (bicyclic) bond motifs is 1. The molecule has 3 heteroatoms. The third-order valence-electron chi connectivity index (χ3n) is 4.41. The Kier molecular flexibility index (Phi) is 3.95. The highest BCUT2D eigenvalue weighted by Crippen LogP contribution is 2.27. The van der Waals surface area contributed by atoms with Crippen LogP contribution in [0.1, 0.15) is 43.7 Å². The molecule has 0 spiro atoms. The first kappa shape index (κ1) is 13.5. The second kappa shape index (κ2) is 5.86. The van der Waals surface area contributed by atoms with Crippen LogP contribution in [-0.4, -0.2) is 18.6 Å². The second-order valence-corrected chi connectivity index (χ2v) is 6.14. The Labute approximate surface area is 120 Å². The van der Waals surface area contributed by atoms with Gasteiger partial charge in [-0.3, -0.25) is 4.79 Å². The molecule has 2 aliphatic rings. The topological polar surface area (TPSA) is 38.3 Å². The molecule has 1 fully saturated rings. The maximum absolute atomic E-state index is 12.1. The van der Waals surface area contributed by atoms with Gasteiger partial charge in [0.15, 0.2) is 0 Å². The van der Waals surface area contributed by atoms with Crippen LogP contribution < -0.4 is 10.1 Å². The number of amides is 1. The fourth-order valence-electron chi connectivity index (χ4n) is 3.32. The van der Waals surface area contributed by atoms with Crippen LogP contribution in [0.2, 0.25) is 0 Å². The molecule has 3 rings (SSSR count). The van der Waals surface area contributed by atoms with Crippen LogP contribution in [0.5, 0.6) is 5.75 Å². The third-order valence-corrected chi connectivity index (χ3v) is 4.41. The molecule has 1 aliphatic heterocycles. The minimum Gasteiger partial charge on any atom is -0.493 e. The fraction of sp³-hybridized carbons (Fsp3) is 0.588. The molecule has 1 aromatic rings. The zero-order chi connectivity index (χ0) is 13.9. The molecule has 0 radical (unpaired) electrons. The average Bonchev–Trinajstić information content (AvgIpc) is 3.09. The van der Waals surface area contributed by atoms with E-state index in [-0.39, 0.29) is 17.9 Å². The van der Waals surface area contributed by atoms with Crippen molar-refractivity contribution < 1.29 is 9.53 Å². The fourth-order valence-corrected chi connectivity index (χ4v) is 3.32. The van der Waals surface area contributed by atoms with Crippen molar-refractivity contribution in [2.45, 2.75) is 51.5 Å². The summed E-state index contributed by atoms with van der Waals surface area (Å²) in [4.78, 5) is 12.1. The summed E-state index contributed by atoms with van der Waals surface area (Å²) in [5.41, 5.74) is 2.59. The van der Waals surface area contributed by atoms with E-state index in [1.165, 1.54) is 24.0 Å². The van der Waals surface area contributed by atoms with Gasteiger partial charge in [-0.2, -0.15) is 0 Å². The zero-order valence-corrected chi connectivity index (χ0v) is 12.2. The first-order valence-electron chi connectivity index (χ1n) is 7.77. The smallest absolute Gasteiger partial charge is 0.223 e. The van der Waals surface area contributed by atoms with Gasteiger partial charge in [-0.1, -0.05) is 25.0 Å². The van der Waals surface area contributed by atoms with Gasteiger partial charge in [0.1, 0.15) is 5.75 Å². The molecule has 108 valence electrons. The highest BCUT2D eigenvalue weighted by molar-refractivity contribution is 5.79. The maximum Gasteiger partial charge on any atom is 0.223 e. The molecule has 1 amide bonds. The van der Waals surface area contributed by atoms with E-state index < -0.39 is 0 Å². The van der Waals surface area contributed by atoms with E-state index in [2.05, 4.69) is 30.4 Å². The van der Waals surface area contributed by atoms with Gasteiger partial charge in [0, 0.05) is 18.4 Å². The first-order valence-corrected chi connectivity index (χ1v) is 7.77. The number of carbonyl (C=O) groups excluding carboxylic acids is 1. The number of hydrogen-bond donors (Lipinski definition) is 1. The normalized spacial score (nSPS) is 19.4. The van der Waals surface area contributed by atoms with Gasteiger partial charge in [0.05, 0.1) is 6.61 Å². The summed E-state index contributed by atoms with van der Waals surface area (Å²) in [7, 11) is 0. The van der Waals surface area contributed by atoms with Crippen LogP contribution in [0.4, 0.5) is 0 Å². The summed E-state index contributed by atoms with van der Waals surface area (Å²) in [6.45, 7) is 2.89. The Morgan fingerprint density at radius 3 is 3.00 bits per heavy atom. The van der Waals surface area contributed by atoms with E-state index >= 15 is 0 Å². The second-order valence-electron chi connectivity index (χ2n) is 6.14. The van der Waals surface area contributed by atoms with Crippen molar-refractivity contribution in [3.8, 4) is 5.75 Å². The first-order chi connectivity index (χ1) is 9.72. The Morgan fingerprint density at radius 1 is 1.40 bits per heavy atom. The van der Waals surface area contributed by atoms with Crippen molar-refractivity contribution in [3.63, 3.8) is 0 Å². The number of carbonyl (C=O) groups is 1.